The lowest BCUT2D eigenvalue weighted by Gasteiger charge is -2.21. The average Bonchev–Trinajstić information content (AvgIpc) is 2.82. The van der Waals surface area contributed by atoms with Crippen molar-refractivity contribution < 1.29 is 23.1 Å². The van der Waals surface area contributed by atoms with Crippen molar-refractivity contribution in [3.05, 3.63) is 17.3 Å². The minimum Gasteiger partial charge on any atom is -0.445 e. The molecule has 2 rings (SSSR count). The molecule has 0 saturated carbocycles. The summed E-state index contributed by atoms with van der Waals surface area (Å²) in [6.45, 7) is 2.89. The zero-order valence-corrected chi connectivity index (χ0v) is 10.1. The molecule has 1 aromatic heterocycles. The Hall–Kier alpha value is -1.50. The Kier molecular flexibility index (Phi) is 3.10. The Labute approximate surface area is 102 Å². The van der Waals surface area contributed by atoms with Crippen molar-refractivity contribution in [2.75, 3.05) is 13.1 Å². The first-order chi connectivity index (χ1) is 8.33. The third-order valence-corrected chi connectivity index (χ3v) is 3.08. The van der Waals surface area contributed by atoms with Crippen LogP contribution in [-0.2, 0) is 0 Å². The highest BCUT2D eigenvalue weighted by atomic mass is 19.3. The largest absolute Gasteiger partial charge is 0.445 e. The predicted molar refractivity (Wildman–Crippen MR) is 57.5 cm³/mol. The molecule has 1 unspecified atom stereocenters. The number of carbonyl (C=O) groups is 1. The quantitative estimate of drug-likeness (QED) is 0.865. The second kappa shape index (κ2) is 4.31. The van der Waals surface area contributed by atoms with Gasteiger partial charge in [0.05, 0.1) is 6.54 Å². The molecule has 1 fully saturated rings. The molecule has 1 aliphatic rings. The molecule has 1 N–H and O–H groups in total. The number of aryl methyl sites for hydroxylation is 2. The van der Waals surface area contributed by atoms with Gasteiger partial charge in [-0.25, -0.2) is 13.8 Å². The van der Waals surface area contributed by atoms with Gasteiger partial charge in [0.2, 0.25) is 0 Å². The van der Waals surface area contributed by atoms with Gasteiger partial charge in [0.25, 0.3) is 12.3 Å². The number of hydrogen-bond donors (Lipinski definition) is 1. The normalized spacial score (nSPS) is 24.0. The molecule has 1 saturated heterocycles. The van der Waals surface area contributed by atoms with Gasteiger partial charge in [-0.15, -0.1) is 0 Å². The van der Waals surface area contributed by atoms with E-state index in [1.165, 1.54) is 4.90 Å². The van der Waals surface area contributed by atoms with E-state index in [1.807, 2.05) is 0 Å². The van der Waals surface area contributed by atoms with E-state index in [9.17, 15) is 18.7 Å². The topological polar surface area (TPSA) is 66.6 Å². The van der Waals surface area contributed by atoms with Crippen LogP contribution >= 0.6 is 0 Å². The number of rotatable bonds is 2. The lowest BCUT2D eigenvalue weighted by atomic mass is 10.1. The zero-order chi connectivity index (χ0) is 13.5. The smallest absolute Gasteiger partial charge is 0.276 e. The van der Waals surface area contributed by atoms with Crippen LogP contribution in [-0.4, -0.2) is 46.0 Å². The number of nitrogens with zero attached hydrogens (tertiary/aromatic N) is 2. The fraction of sp³-hybridized carbons (Fsp3) is 0.636. The number of carbonyl (C=O) groups excluding carboxylic acids is 1. The average molecular weight is 260 g/mol. The van der Waals surface area contributed by atoms with Gasteiger partial charge in [-0.1, -0.05) is 0 Å². The summed E-state index contributed by atoms with van der Waals surface area (Å²) in [4.78, 5) is 17.1. The van der Waals surface area contributed by atoms with Crippen LogP contribution in [0, 0.1) is 13.8 Å². The van der Waals surface area contributed by atoms with Crippen molar-refractivity contribution in [3.63, 3.8) is 0 Å². The summed E-state index contributed by atoms with van der Waals surface area (Å²) in [5.41, 5.74) is -1.99. The lowest BCUT2D eigenvalue weighted by Crippen LogP contribution is -2.41. The third-order valence-electron chi connectivity index (χ3n) is 3.08. The van der Waals surface area contributed by atoms with Gasteiger partial charge in [0, 0.05) is 19.9 Å². The number of alkyl halides is 2. The monoisotopic (exact) mass is 260 g/mol. The molecular weight excluding hydrogens is 246 g/mol. The molecule has 0 aromatic carbocycles. The highest BCUT2D eigenvalue weighted by Gasteiger charge is 2.46. The second-order valence-corrected chi connectivity index (χ2v) is 4.52. The Bertz CT molecular complexity index is 475. The number of amides is 1. The summed E-state index contributed by atoms with van der Waals surface area (Å²) in [7, 11) is 0. The molecule has 1 aliphatic heterocycles. The van der Waals surface area contributed by atoms with Gasteiger partial charge in [0.1, 0.15) is 11.4 Å². The van der Waals surface area contributed by atoms with Crippen LogP contribution < -0.4 is 0 Å². The van der Waals surface area contributed by atoms with E-state index >= 15 is 0 Å². The van der Waals surface area contributed by atoms with E-state index in [0.717, 1.165) is 0 Å². The van der Waals surface area contributed by atoms with Crippen LogP contribution in [0.3, 0.4) is 0 Å². The minimum atomic E-state index is -2.87. The molecule has 0 spiro atoms. The Balaban J connectivity index is 2.15. The van der Waals surface area contributed by atoms with E-state index < -0.39 is 17.9 Å². The van der Waals surface area contributed by atoms with Crippen molar-refractivity contribution in [2.45, 2.75) is 32.3 Å². The summed E-state index contributed by atoms with van der Waals surface area (Å²) in [6, 6.07) is 0. The van der Waals surface area contributed by atoms with Gasteiger partial charge in [0.15, 0.2) is 11.6 Å². The lowest BCUT2D eigenvalue weighted by molar-refractivity contribution is -0.0855. The summed E-state index contributed by atoms with van der Waals surface area (Å²) in [5, 5.41) is 9.62. The van der Waals surface area contributed by atoms with E-state index in [2.05, 4.69) is 4.98 Å². The number of aromatic nitrogens is 1. The summed E-state index contributed by atoms with van der Waals surface area (Å²) in [5.74, 6) is 0.213. The van der Waals surface area contributed by atoms with Crippen LogP contribution in [0.1, 0.15) is 28.6 Å². The van der Waals surface area contributed by atoms with Gasteiger partial charge in [-0.05, 0) is 6.92 Å². The summed E-state index contributed by atoms with van der Waals surface area (Å²) >= 11 is 0. The molecule has 0 bridgehead atoms. The number of aliphatic hydroxyl groups is 1. The highest BCUT2D eigenvalue weighted by molar-refractivity contribution is 5.93. The second-order valence-electron chi connectivity index (χ2n) is 4.52. The molecule has 0 aliphatic carbocycles. The number of oxazole rings is 1. The maximum absolute atomic E-state index is 12.6. The predicted octanol–water partition coefficient (Wildman–Crippen LogP) is 1.13. The van der Waals surface area contributed by atoms with Gasteiger partial charge < -0.3 is 14.4 Å². The van der Waals surface area contributed by atoms with Gasteiger partial charge >= 0.3 is 0 Å². The Morgan fingerprint density at radius 2 is 2.22 bits per heavy atom. The third kappa shape index (κ3) is 2.10. The van der Waals surface area contributed by atoms with Crippen molar-refractivity contribution in [1.29, 1.82) is 0 Å². The zero-order valence-electron chi connectivity index (χ0n) is 10.1. The number of β-amino-alcohol motifs (C(OH)–C–C–N with tert-alkyl or cyclic N) is 1. The first-order valence-corrected chi connectivity index (χ1v) is 5.57. The van der Waals surface area contributed by atoms with Crippen molar-refractivity contribution in [1.82, 2.24) is 9.88 Å². The molecule has 0 radical (unpaired) electrons. The molecule has 2 heterocycles. The van der Waals surface area contributed by atoms with Crippen LogP contribution in [0.2, 0.25) is 0 Å². The number of likely N-dealkylation sites (tertiary alicyclic amines) is 1. The summed E-state index contributed by atoms with van der Waals surface area (Å²) < 4.78 is 30.4. The van der Waals surface area contributed by atoms with Crippen molar-refractivity contribution >= 4 is 5.91 Å². The maximum atomic E-state index is 12.6. The molecule has 5 nitrogen and oxygen atoms in total. The molecular formula is C11H14F2N2O3. The SMILES string of the molecule is Cc1nc(C(=O)N2CCC(O)(C(F)F)C2)c(C)o1. The molecule has 100 valence electrons. The molecule has 1 atom stereocenters. The van der Waals surface area contributed by atoms with Crippen LogP contribution in [0.5, 0.6) is 0 Å². The first kappa shape index (κ1) is 12.9. The Morgan fingerprint density at radius 3 is 2.67 bits per heavy atom. The Morgan fingerprint density at radius 1 is 1.56 bits per heavy atom. The highest BCUT2D eigenvalue weighted by Crippen LogP contribution is 2.29. The van der Waals surface area contributed by atoms with Gasteiger partial charge in [-0.2, -0.15) is 0 Å². The fourth-order valence-corrected chi connectivity index (χ4v) is 2.05. The molecule has 7 heteroatoms. The van der Waals surface area contributed by atoms with E-state index in [-0.39, 0.29) is 25.2 Å². The summed E-state index contributed by atoms with van der Waals surface area (Å²) in [6.07, 6.45) is -3.00. The number of hydrogen-bond acceptors (Lipinski definition) is 4. The maximum Gasteiger partial charge on any atom is 0.276 e. The van der Waals surface area contributed by atoms with Gasteiger partial charge in [-0.3, -0.25) is 4.79 Å². The number of halogens is 2. The van der Waals surface area contributed by atoms with E-state index in [0.29, 0.717) is 11.7 Å². The molecule has 18 heavy (non-hydrogen) atoms. The molecule has 1 amide bonds. The van der Waals surface area contributed by atoms with Crippen LogP contribution in [0.15, 0.2) is 4.42 Å². The van der Waals surface area contributed by atoms with Crippen molar-refractivity contribution in [3.8, 4) is 0 Å². The van der Waals surface area contributed by atoms with Crippen LogP contribution in [0.25, 0.3) is 0 Å². The first-order valence-electron chi connectivity index (χ1n) is 5.57. The standard InChI is InChI=1S/C11H14F2N2O3/c1-6-8(14-7(2)18-6)9(16)15-4-3-11(17,5-15)10(12)13/h10,17H,3-5H2,1-2H3. The van der Waals surface area contributed by atoms with Crippen LogP contribution in [0.4, 0.5) is 8.78 Å². The minimum absolute atomic E-state index is 0.0883. The fourth-order valence-electron chi connectivity index (χ4n) is 2.05. The molecule has 1 aromatic rings. The van der Waals surface area contributed by atoms with Crippen molar-refractivity contribution in [2.24, 2.45) is 0 Å². The van der Waals surface area contributed by atoms with E-state index in [4.69, 9.17) is 4.42 Å². The van der Waals surface area contributed by atoms with E-state index in [1.54, 1.807) is 13.8 Å².